The fourth-order valence-corrected chi connectivity index (χ4v) is 3.55. The van der Waals surface area contributed by atoms with Crippen LogP contribution in [0.5, 0.6) is 0 Å². The van der Waals surface area contributed by atoms with Crippen LogP contribution in [0.2, 0.25) is 0 Å². The Bertz CT molecular complexity index is 1120. The zero-order valence-corrected chi connectivity index (χ0v) is 14.4. The highest BCUT2D eigenvalue weighted by molar-refractivity contribution is 7.09. The van der Waals surface area contributed by atoms with E-state index in [0.717, 1.165) is 10.6 Å². The standard InChI is InChI=1S/C17H16N4O3S/c1-2-20-16(22)14-15(19-13(18-14)9-11-5-3-7-24-11)21(17(20)23)10-12-6-4-8-25-12/h3-8H,2,9-10H2,1H3,(H,18,19). The van der Waals surface area contributed by atoms with Crippen molar-refractivity contribution in [2.24, 2.45) is 0 Å². The number of nitrogens with one attached hydrogen (secondary N) is 1. The first-order valence-electron chi connectivity index (χ1n) is 7.94. The first kappa shape index (κ1) is 15.6. The minimum absolute atomic E-state index is 0.310. The van der Waals surface area contributed by atoms with E-state index in [1.54, 1.807) is 35.2 Å². The molecule has 128 valence electrons. The van der Waals surface area contributed by atoms with Gasteiger partial charge < -0.3 is 9.40 Å². The number of fused-ring (bicyclic) bond motifs is 1. The highest BCUT2D eigenvalue weighted by Crippen LogP contribution is 2.14. The van der Waals surface area contributed by atoms with Gasteiger partial charge >= 0.3 is 5.69 Å². The van der Waals surface area contributed by atoms with Crippen molar-refractivity contribution in [2.45, 2.75) is 26.4 Å². The maximum atomic E-state index is 12.7. The summed E-state index contributed by atoms with van der Waals surface area (Å²) in [6.07, 6.45) is 2.02. The Morgan fingerprint density at radius 2 is 2.12 bits per heavy atom. The first-order chi connectivity index (χ1) is 12.2. The van der Waals surface area contributed by atoms with Gasteiger partial charge in [-0.05, 0) is 30.5 Å². The van der Waals surface area contributed by atoms with Crippen molar-refractivity contribution in [1.82, 2.24) is 19.1 Å². The number of nitrogens with zero attached hydrogens (tertiary/aromatic N) is 3. The minimum atomic E-state index is -0.344. The second kappa shape index (κ2) is 6.21. The van der Waals surface area contributed by atoms with Gasteiger partial charge in [-0.25, -0.2) is 9.78 Å². The molecule has 0 spiro atoms. The van der Waals surface area contributed by atoms with Crippen LogP contribution in [0, 0.1) is 0 Å². The molecule has 0 amide bonds. The highest BCUT2D eigenvalue weighted by atomic mass is 32.1. The van der Waals surface area contributed by atoms with Gasteiger partial charge in [-0.1, -0.05) is 6.07 Å². The van der Waals surface area contributed by atoms with Crippen LogP contribution in [0.3, 0.4) is 0 Å². The van der Waals surface area contributed by atoms with Crippen molar-refractivity contribution < 1.29 is 4.42 Å². The Balaban J connectivity index is 1.90. The number of aromatic nitrogens is 4. The van der Waals surface area contributed by atoms with Crippen LogP contribution in [0.25, 0.3) is 11.2 Å². The molecule has 0 atom stereocenters. The van der Waals surface area contributed by atoms with Crippen LogP contribution in [-0.2, 0) is 19.5 Å². The molecule has 0 bridgehead atoms. The third-order valence-corrected chi connectivity index (χ3v) is 4.90. The predicted octanol–water partition coefficient (Wildman–Crippen LogP) is 2.20. The maximum Gasteiger partial charge on any atom is 0.333 e. The summed E-state index contributed by atoms with van der Waals surface area (Å²) in [5, 5.41) is 1.96. The van der Waals surface area contributed by atoms with Crippen LogP contribution < -0.4 is 11.2 Å². The summed E-state index contributed by atoms with van der Waals surface area (Å²) in [5.74, 6) is 1.33. The zero-order chi connectivity index (χ0) is 17.4. The molecule has 0 saturated carbocycles. The number of hydrogen-bond donors (Lipinski definition) is 1. The Morgan fingerprint density at radius 3 is 2.80 bits per heavy atom. The molecular formula is C17H16N4O3S. The topological polar surface area (TPSA) is 85.8 Å². The van der Waals surface area contributed by atoms with Gasteiger partial charge in [0, 0.05) is 11.4 Å². The molecule has 7 nitrogen and oxygen atoms in total. The number of H-pyrrole nitrogens is 1. The van der Waals surface area contributed by atoms with E-state index in [1.165, 1.54) is 4.57 Å². The minimum Gasteiger partial charge on any atom is -0.469 e. The summed E-state index contributed by atoms with van der Waals surface area (Å²) in [4.78, 5) is 33.9. The molecule has 25 heavy (non-hydrogen) atoms. The van der Waals surface area contributed by atoms with Crippen LogP contribution in [0.1, 0.15) is 23.4 Å². The average molecular weight is 356 g/mol. The largest absolute Gasteiger partial charge is 0.469 e. The second-order valence-corrected chi connectivity index (χ2v) is 6.67. The van der Waals surface area contributed by atoms with Gasteiger partial charge in [0.05, 0.1) is 19.2 Å². The van der Waals surface area contributed by atoms with Crippen LogP contribution >= 0.6 is 11.3 Å². The summed E-state index contributed by atoms with van der Waals surface area (Å²) in [5.41, 5.74) is 0.0433. The monoisotopic (exact) mass is 356 g/mol. The van der Waals surface area contributed by atoms with Crippen molar-refractivity contribution in [3.05, 3.63) is 73.2 Å². The summed E-state index contributed by atoms with van der Waals surface area (Å²) in [6, 6.07) is 7.54. The Hall–Kier alpha value is -2.87. The summed E-state index contributed by atoms with van der Waals surface area (Å²) in [6.45, 7) is 2.48. The van der Waals surface area contributed by atoms with Gasteiger partial charge in [0.15, 0.2) is 5.65 Å². The molecule has 0 saturated heterocycles. The predicted molar refractivity (Wildman–Crippen MR) is 95.2 cm³/mol. The second-order valence-electron chi connectivity index (χ2n) is 5.64. The van der Waals surface area contributed by atoms with E-state index in [1.807, 2.05) is 23.6 Å². The third kappa shape index (κ3) is 2.74. The van der Waals surface area contributed by atoms with Gasteiger partial charge in [0.2, 0.25) is 0 Å². The SMILES string of the molecule is CCn1c(=O)c2[nH]c(Cc3ccco3)nc2n(Cc2cccs2)c1=O. The summed E-state index contributed by atoms with van der Waals surface area (Å²) >= 11 is 1.56. The van der Waals surface area contributed by atoms with Crippen molar-refractivity contribution in [1.29, 1.82) is 0 Å². The van der Waals surface area contributed by atoms with E-state index < -0.39 is 0 Å². The highest BCUT2D eigenvalue weighted by Gasteiger charge is 2.17. The number of aromatic amines is 1. The smallest absolute Gasteiger partial charge is 0.333 e. The molecule has 0 aliphatic carbocycles. The van der Waals surface area contributed by atoms with Crippen molar-refractivity contribution >= 4 is 22.5 Å². The molecule has 4 aromatic rings. The molecular weight excluding hydrogens is 340 g/mol. The Morgan fingerprint density at radius 1 is 1.24 bits per heavy atom. The van der Waals surface area contributed by atoms with Gasteiger partial charge in [-0.15, -0.1) is 11.3 Å². The maximum absolute atomic E-state index is 12.7. The van der Waals surface area contributed by atoms with Crippen LogP contribution in [0.15, 0.2) is 49.9 Å². The van der Waals surface area contributed by atoms with Crippen molar-refractivity contribution in [3.63, 3.8) is 0 Å². The molecule has 1 N–H and O–H groups in total. The van der Waals surface area contributed by atoms with E-state index in [4.69, 9.17) is 4.42 Å². The fourth-order valence-electron chi connectivity index (χ4n) is 2.86. The van der Waals surface area contributed by atoms with Gasteiger partial charge in [-0.2, -0.15) is 0 Å². The molecule has 0 radical (unpaired) electrons. The third-order valence-electron chi connectivity index (χ3n) is 4.04. The fraction of sp³-hybridized carbons (Fsp3) is 0.235. The van der Waals surface area contributed by atoms with Gasteiger partial charge in [0.25, 0.3) is 5.56 Å². The number of rotatable bonds is 5. The molecule has 4 rings (SSSR count). The van der Waals surface area contributed by atoms with E-state index in [0.29, 0.717) is 36.5 Å². The van der Waals surface area contributed by atoms with E-state index in [2.05, 4.69) is 9.97 Å². The average Bonchev–Trinajstić information content (AvgIpc) is 3.34. The van der Waals surface area contributed by atoms with Gasteiger partial charge in [0.1, 0.15) is 17.1 Å². The normalized spacial score (nSPS) is 11.4. The number of hydrogen-bond acceptors (Lipinski definition) is 5. The number of furan rings is 1. The molecule has 8 heteroatoms. The zero-order valence-electron chi connectivity index (χ0n) is 13.6. The van der Waals surface area contributed by atoms with E-state index in [-0.39, 0.29) is 11.2 Å². The quantitative estimate of drug-likeness (QED) is 0.594. The van der Waals surface area contributed by atoms with Crippen molar-refractivity contribution in [2.75, 3.05) is 0 Å². The molecule has 0 unspecified atom stereocenters. The van der Waals surface area contributed by atoms with Crippen LogP contribution in [-0.4, -0.2) is 19.1 Å². The Kier molecular flexibility index (Phi) is 3.89. The number of thiophene rings is 1. The molecule has 0 fully saturated rings. The summed E-state index contributed by atoms with van der Waals surface area (Å²) < 4.78 is 8.11. The lowest BCUT2D eigenvalue weighted by Gasteiger charge is -2.08. The number of imidazole rings is 1. The lowest BCUT2D eigenvalue weighted by atomic mass is 10.3. The lowest BCUT2D eigenvalue weighted by molar-refractivity contribution is 0.518. The van der Waals surface area contributed by atoms with Gasteiger partial charge in [-0.3, -0.25) is 13.9 Å². The van der Waals surface area contributed by atoms with Crippen LogP contribution in [0.4, 0.5) is 0 Å². The lowest BCUT2D eigenvalue weighted by Crippen LogP contribution is -2.39. The molecule has 4 heterocycles. The Labute approximate surface area is 146 Å². The molecule has 0 aliphatic heterocycles. The van der Waals surface area contributed by atoms with Crippen molar-refractivity contribution in [3.8, 4) is 0 Å². The molecule has 0 aromatic carbocycles. The molecule has 4 aromatic heterocycles. The first-order valence-corrected chi connectivity index (χ1v) is 8.82. The van der Waals surface area contributed by atoms with E-state index in [9.17, 15) is 9.59 Å². The summed E-state index contributed by atoms with van der Waals surface area (Å²) in [7, 11) is 0. The van der Waals surface area contributed by atoms with E-state index >= 15 is 0 Å². The molecule has 0 aliphatic rings.